The lowest BCUT2D eigenvalue weighted by Gasteiger charge is -2.17. The smallest absolute Gasteiger partial charge is 0.323 e. The Morgan fingerprint density at radius 2 is 1.88 bits per heavy atom. The van der Waals surface area contributed by atoms with Crippen LogP contribution in [0.25, 0.3) is 0 Å². The second-order valence-corrected chi connectivity index (χ2v) is 4.42. The van der Waals surface area contributed by atoms with E-state index in [0.29, 0.717) is 12.8 Å². The maximum atomic E-state index is 11.6. The molecule has 0 amide bonds. The van der Waals surface area contributed by atoms with Crippen LogP contribution >= 0.6 is 0 Å². The Kier molecular flexibility index (Phi) is 4.40. The molecule has 92 valence electrons. The van der Waals surface area contributed by atoms with Crippen molar-refractivity contribution in [2.45, 2.75) is 31.7 Å². The number of benzene rings is 1. The number of ketones is 1. The molecule has 0 unspecified atom stereocenters. The molecule has 0 spiro atoms. The normalized spacial score (nSPS) is 14.0. The maximum Gasteiger partial charge on any atom is 0.323 e. The number of aryl methyl sites for hydroxylation is 1. The fraction of sp³-hybridized carbons (Fsp3) is 0.385. The van der Waals surface area contributed by atoms with Gasteiger partial charge in [-0.3, -0.25) is 9.59 Å². The summed E-state index contributed by atoms with van der Waals surface area (Å²) in [5.74, 6) is -1.27. The topological polar surface area (TPSA) is 80.4 Å². The first kappa shape index (κ1) is 13.4. The molecule has 0 bridgehead atoms. The average molecular weight is 235 g/mol. The molecule has 0 aromatic heterocycles. The zero-order valence-corrected chi connectivity index (χ0v) is 9.85. The zero-order chi connectivity index (χ0) is 12.9. The van der Waals surface area contributed by atoms with Crippen LogP contribution < -0.4 is 5.73 Å². The molecule has 4 heteroatoms. The summed E-state index contributed by atoms with van der Waals surface area (Å²) >= 11 is 0. The molecule has 0 saturated heterocycles. The molecule has 0 aliphatic rings. The van der Waals surface area contributed by atoms with E-state index >= 15 is 0 Å². The number of carboxylic acids is 1. The zero-order valence-electron chi connectivity index (χ0n) is 9.85. The van der Waals surface area contributed by atoms with Gasteiger partial charge in [-0.2, -0.15) is 0 Å². The summed E-state index contributed by atoms with van der Waals surface area (Å²) in [6.07, 6.45) is 0.814. The second-order valence-electron chi connectivity index (χ2n) is 4.42. The van der Waals surface area contributed by atoms with Crippen LogP contribution in [0.2, 0.25) is 0 Å². The molecule has 0 fully saturated rings. The Bertz CT molecular complexity index is 398. The molecule has 0 aliphatic heterocycles. The number of aliphatic carboxylic acids is 1. The molecule has 0 saturated carbocycles. The molecule has 0 radical (unpaired) electrons. The standard InChI is InChI=1S/C13H17NO3/c1-13(14,12(16)17)9-11(15)8-7-10-5-3-2-4-6-10/h2-6H,7-9,14H2,1H3,(H,16,17)/t13-/m1/s1. The van der Waals surface area contributed by atoms with Gasteiger partial charge in [0.05, 0.1) is 0 Å². The number of carboxylic acid groups (broad SMARTS) is 1. The minimum absolute atomic E-state index is 0.124. The van der Waals surface area contributed by atoms with Gasteiger partial charge in [0.25, 0.3) is 0 Å². The van der Waals surface area contributed by atoms with E-state index in [1.165, 1.54) is 6.92 Å². The van der Waals surface area contributed by atoms with E-state index in [4.69, 9.17) is 10.8 Å². The molecule has 3 N–H and O–H groups in total. The highest BCUT2D eigenvalue weighted by Gasteiger charge is 2.30. The van der Waals surface area contributed by atoms with Crippen LogP contribution in [0.5, 0.6) is 0 Å². The molecular formula is C13H17NO3. The predicted molar refractivity (Wildman–Crippen MR) is 64.6 cm³/mol. The van der Waals surface area contributed by atoms with E-state index in [1.54, 1.807) is 0 Å². The Morgan fingerprint density at radius 3 is 2.41 bits per heavy atom. The first-order valence-corrected chi connectivity index (χ1v) is 5.50. The molecule has 17 heavy (non-hydrogen) atoms. The number of rotatable bonds is 6. The van der Waals surface area contributed by atoms with Crippen molar-refractivity contribution in [2.75, 3.05) is 0 Å². The summed E-state index contributed by atoms with van der Waals surface area (Å²) in [4.78, 5) is 22.3. The minimum Gasteiger partial charge on any atom is -0.480 e. The van der Waals surface area contributed by atoms with E-state index in [9.17, 15) is 9.59 Å². The molecular weight excluding hydrogens is 218 g/mol. The van der Waals surface area contributed by atoms with E-state index in [0.717, 1.165) is 5.56 Å². The van der Waals surface area contributed by atoms with Crippen LogP contribution in [0.4, 0.5) is 0 Å². The van der Waals surface area contributed by atoms with Gasteiger partial charge >= 0.3 is 5.97 Å². The quantitative estimate of drug-likeness (QED) is 0.780. The molecule has 1 aromatic rings. The lowest BCUT2D eigenvalue weighted by molar-refractivity contribution is -0.144. The van der Waals surface area contributed by atoms with Crippen molar-refractivity contribution in [3.8, 4) is 0 Å². The summed E-state index contributed by atoms with van der Waals surface area (Å²) in [7, 11) is 0. The summed E-state index contributed by atoms with van der Waals surface area (Å²) in [6, 6.07) is 9.60. The number of Topliss-reactive ketones (excluding diaryl/α,β-unsaturated/α-hetero) is 1. The van der Waals surface area contributed by atoms with Gasteiger partial charge in [-0.05, 0) is 18.9 Å². The van der Waals surface area contributed by atoms with Crippen molar-refractivity contribution in [3.05, 3.63) is 35.9 Å². The molecule has 0 aliphatic carbocycles. The number of nitrogens with two attached hydrogens (primary N) is 1. The third-order valence-corrected chi connectivity index (χ3v) is 2.59. The molecule has 1 atom stereocenters. The lowest BCUT2D eigenvalue weighted by Crippen LogP contribution is -2.46. The van der Waals surface area contributed by atoms with Crippen LogP contribution in [0.3, 0.4) is 0 Å². The highest BCUT2D eigenvalue weighted by molar-refractivity contribution is 5.88. The molecule has 1 rings (SSSR count). The van der Waals surface area contributed by atoms with Crippen molar-refractivity contribution >= 4 is 11.8 Å². The number of hydrogen-bond acceptors (Lipinski definition) is 3. The van der Waals surface area contributed by atoms with E-state index < -0.39 is 11.5 Å². The maximum absolute atomic E-state index is 11.6. The number of carbonyl (C=O) groups excluding carboxylic acids is 1. The average Bonchev–Trinajstić information content (AvgIpc) is 2.27. The van der Waals surface area contributed by atoms with E-state index in [-0.39, 0.29) is 12.2 Å². The van der Waals surface area contributed by atoms with Gasteiger partial charge in [-0.25, -0.2) is 0 Å². The van der Waals surface area contributed by atoms with Crippen LogP contribution in [0, 0.1) is 0 Å². The Morgan fingerprint density at radius 1 is 1.29 bits per heavy atom. The van der Waals surface area contributed by atoms with Crippen LogP contribution in [0.1, 0.15) is 25.3 Å². The Labute approximate surface area is 100 Å². The van der Waals surface area contributed by atoms with Gasteiger partial charge in [0.15, 0.2) is 0 Å². The largest absolute Gasteiger partial charge is 0.480 e. The minimum atomic E-state index is -1.46. The van der Waals surface area contributed by atoms with Crippen LogP contribution in [-0.2, 0) is 16.0 Å². The molecule has 0 heterocycles. The SMILES string of the molecule is C[C@@](N)(CC(=O)CCc1ccccc1)C(=O)O. The summed E-state index contributed by atoms with van der Waals surface area (Å²) in [5.41, 5.74) is 5.11. The van der Waals surface area contributed by atoms with Crippen molar-refractivity contribution in [3.63, 3.8) is 0 Å². The molecule has 4 nitrogen and oxygen atoms in total. The first-order valence-electron chi connectivity index (χ1n) is 5.50. The molecule has 1 aromatic carbocycles. The number of carbonyl (C=O) groups is 2. The summed E-state index contributed by atoms with van der Waals surface area (Å²) < 4.78 is 0. The predicted octanol–water partition coefficient (Wildman–Crippen LogP) is 1.38. The van der Waals surface area contributed by atoms with Crippen LogP contribution in [0.15, 0.2) is 30.3 Å². The fourth-order valence-electron chi connectivity index (χ4n) is 1.50. The second kappa shape index (κ2) is 5.59. The summed E-state index contributed by atoms with van der Waals surface area (Å²) in [6.45, 7) is 1.36. The monoisotopic (exact) mass is 235 g/mol. The van der Waals surface area contributed by atoms with Crippen molar-refractivity contribution in [1.82, 2.24) is 0 Å². The third kappa shape index (κ3) is 4.36. The highest BCUT2D eigenvalue weighted by atomic mass is 16.4. The van der Waals surface area contributed by atoms with Gasteiger partial charge < -0.3 is 10.8 Å². The number of hydrogen-bond donors (Lipinski definition) is 2. The van der Waals surface area contributed by atoms with E-state index in [2.05, 4.69) is 0 Å². The van der Waals surface area contributed by atoms with Gasteiger partial charge in [0.1, 0.15) is 11.3 Å². The van der Waals surface area contributed by atoms with Crippen molar-refractivity contribution in [2.24, 2.45) is 5.73 Å². The highest BCUT2D eigenvalue weighted by Crippen LogP contribution is 2.10. The van der Waals surface area contributed by atoms with E-state index in [1.807, 2.05) is 30.3 Å². The summed E-state index contributed by atoms with van der Waals surface area (Å²) in [5, 5.41) is 8.80. The first-order chi connectivity index (χ1) is 7.92. The fourth-order valence-corrected chi connectivity index (χ4v) is 1.50. The Hall–Kier alpha value is -1.68. The van der Waals surface area contributed by atoms with Gasteiger partial charge in [-0.15, -0.1) is 0 Å². The van der Waals surface area contributed by atoms with Gasteiger partial charge in [-0.1, -0.05) is 30.3 Å². The Balaban J connectivity index is 2.44. The lowest BCUT2D eigenvalue weighted by atomic mass is 9.94. The third-order valence-electron chi connectivity index (χ3n) is 2.59. The van der Waals surface area contributed by atoms with Gasteiger partial charge in [0.2, 0.25) is 0 Å². The van der Waals surface area contributed by atoms with Crippen LogP contribution in [-0.4, -0.2) is 22.4 Å². The van der Waals surface area contributed by atoms with Crippen molar-refractivity contribution < 1.29 is 14.7 Å². The van der Waals surface area contributed by atoms with Gasteiger partial charge in [0, 0.05) is 12.8 Å². The van der Waals surface area contributed by atoms with Crippen molar-refractivity contribution in [1.29, 1.82) is 0 Å².